The third-order valence-electron chi connectivity index (χ3n) is 6.61. The molecular weight excluding hydrogens is 538 g/mol. The van der Waals surface area contributed by atoms with Crippen LogP contribution in [0.2, 0.25) is 0 Å². The summed E-state index contributed by atoms with van der Waals surface area (Å²) in [6.07, 6.45) is 0.834. The summed E-state index contributed by atoms with van der Waals surface area (Å²) < 4.78 is 38.1. The van der Waals surface area contributed by atoms with E-state index in [1.54, 1.807) is 6.07 Å². The van der Waals surface area contributed by atoms with E-state index in [0.717, 1.165) is 19.4 Å². The number of hydrazine groups is 1. The van der Waals surface area contributed by atoms with Crippen molar-refractivity contribution in [2.75, 3.05) is 33.4 Å². The molecule has 2 aliphatic heterocycles. The van der Waals surface area contributed by atoms with E-state index in [0.29, 0.717) is 53.2 Å². The number of ether oxygens (including phenoxy) is 2. The number of thioether (sulfide) groups is 1. The zero-order valence-electron chi connectivity index (χ0n) is 22.2. The molecule has 3 N–H and O–H groups in total. The number of hydrogen-bond acceptors (Lipinski definition) is 9. The summed E-state index contributed by atoms with van der Waals surface area (Å²) in [5, 5.41) is 11.4. The first-order valence-corrected chi connectivity index (χ1v) is 13.9. The lowest BCUT2D eigenvalue weighted by Gasteiger charge is -2.31. The molecule has 2 aromatic rings. The fraction of sp³-hybridized carbons (Fsp3) is 0.464. The van der Waals surface area contributed by atoms with Crippen molar-refractivity contribution in [3.63, 3.8) is 0 Å². The van der Waals surface area contributed by atoms with Gasteiger partial charge in [0.15, 0.2) is 11.4 Å². The average molecular weight is 569 g/mol. The number of morpholine rings is 1. The van der Waals surface area contributed by atoms with Gasteiger partial charge in [0.05, 0.1) is 33.1 Å². The maximum atomic E-state index is 13.6. The van der Waals surface area contributed by atoms with E-state index in [1.165, 1.54) is 37.3 Å². The second-order valence-corrected chi connectivity index (χ2v) is 10.7. The van der Waals surface area contributed by atoms with Crippen LogP contribution in [0, 0.1) is 29.6 Å². The quantitative estimate of drug-likeness (QED) is 0.454. The van der Waals surface area contributed by atoms with E-state index in [-0.39, 0.29) is 17.2 Å². The first kappa shape index (κ1) is 28.3. The van der Waals surface area contributed by atoms with Crippen LogP contribution in [0.15, 0.2) is 29.5 Å². The lowest BCUT2D eigenvalue weighted by molar-refractivity contribution is 0.00654. The number of aliphatic imine (C=N–C) groups is 1. The van der Waals surface area contributed by atoms with Crippen LogP contribution in [0.5, 0.6) is 5.75 Å². The summed E-state index contributed by atoms with van der Waals surface area (Å²) in [7, 11) is 1.43. The first-order chi connectivity index (χ1) is 19.4. The number of methoxy groups -OCH3 is 1. The number of hydrogen-bond donors (Lipinski definition) is 3. The second kappa shape index (κ2) is 12.9. The predicted molar refractivity (Wildman–Crippen MR) is 148 cm³/mol. The van der Waals surface area contributed by atoms with Crippen LogP contribution < -0.4 is 15.6 Å². The molecule has 9 nitrogen and oxygen atoms in total. The topological polar surface area (TPSA) is 104 Å². The Bertz CT molecular complexity index is 1380. The lowest BCUT2D eigenvalue weighted by Crippen LogP contribution is -2.43. The molecule has 0 bridgehead atoms. The molecular formula is C28H30F2N6O3S. The van der Waals surface area contributed by atoms with Crippen LogP contribution in [0.4, 0.5) is 8.78 Å². The smallest absolute Gasteiger partial charge is 0.280 e. The summed E-state index contributed by atoms with van der Waals surface area (Å²) in [5.74, 6) is 13.3. The standard InChI is InChI=1S/C28H30F2N6O3S/c1-17-16-39-11-10-36(17)9-3-4-19-12-20(21-13-23(26(29)30)32-15-24(21)38-2)22(14-31-19)27(37)33-28-35-34-25(40-28)8-7-18-5-6-18/h12-15,17-18,25-27,34,37H,5-6,9-11,16H2,1-2H3,(H,33,35)/t17-,25?,27?/m1/s1. The molecule has 4 heterocycles. The van der Waals surface area contributed by atoms with Crippen molar-refractivity contribution in [2.24, 2.45) is 10.9 Å². The first-order valence-electron chi connectivity index (χ1n) is 13.0. The molecule has 3 fully saturated rings. The zero-order chi connectivity index (χ0) is 28.1. The molecule has 2 saturated heterocycles. The number of nitrogens with zero attached hydrogens (tertiary/aromatic N) is 4. The van der Waals surface area contributed by atoms with Crippen LogP contribution >= 0.6 is 11.8 Å². The van der Waals surface area contributed by atoms with E-state index in [1.807, 2.05) is 0 Å². The SMILES string of the molecule is COc1cnc(C(F)F)cc1-c1cc(C#CCN2CCOC[C@H]2C)ncc1C(O)/N=C1\NNC(C#CC2CC2)S1. The van der Waals surface area contributed by atoms with Gasteiger partial charge in [-0.1, -0.05) is 29.5 Å². The molecule has 1 aliphatic carbocycles. The normalized spacial score (nSPS) is 22.7. The van der Waals surface area contributed by atoms with E-state index in [4.69, 9.17) is 9.47 Å². The molecule has 0 spiro atoms. The summed E-state index contributed by atoms with van der Waals surface area (Å²) in [5.41, 5.74) is 7.03. The second-order valence-electron chi connectivity index (χ2n) is 9.60. The molecule has 3 aliphatic rings. The van der Waals surface area contributed by atoms with Crippen molar-refractivity contribution in [1.29, 1.82) is 0 Å². The van der Waals surface area contributed by atoms with Gasteiger partial charge in [0, 0.05) is 35.8 Å². The van der Waals surface area contributed by atoms with Gasteiger partial charge in [0.2, 0.25) is 0 Å². The largest absolute Gasteiger partial charge is 0.494 e. The van der Waals surface area contributed by atoms with Crippen molar-refractivity contribution >= 4 is 16.9 Å². The number of aliphatic hydroxyl groups excluding tert-OH is 1. The van der Waals surface area contributed by atoms with E-state index in [2.05, 4.69) is 61.3 Å². The highest BCUT2D eigenvalue weighted by Crippen LogP contribution is 2.37. The van der Waals surface area contributed by atoms with Crippen LogP contribution in [0.25, 0.3) is 11.1 Å². The van der Waals surface area contributed by atoms with Crippen LogP contribution in [0.1, 0.15) is 49.4 Å². The maximum Gasteiger partial charge on any atom is 0.280 e. The fourth-order valence-electron chi connectivity index (χ4n) is 4.18. The number of amidine groups is 1. The molecule has 1 saturated carbocycles. The van der Waals surface area contributed by atoms with Crippen molar-refractivity contribution < 1.29 is 23.4 Å². The monoisotopic (exact) mass is 568 g/mol. The molecule has 0 radical (unpaired) electrons. The zero-order valence-corrected chi connectivity index (χ0v) is 23.0. The highest BCUT2D eigenvalue weighted by molar-refractivity contribution is 8.14. The number of aliphatic hydroxyl groups is 1. The minimum atomic E-state index is -2.78. The van der Waals surface area contributed by atoms with Crippen molar-refractivity contribution in [1.82, 2.24) is 25.7 Å². The highest BCUT2D eigenvalue weighted by Gasteiger charge is 2.25. The Kier molecular flexibility index (Phi) is 9.15. The third kappa shape index (κ3) is 7.08. The van der Waals surface area contributed by atoms with Crippen molar-refractivity contribution in [2.45, 2.75) is 43.8 Å². The van der Waals surface area contributed by atoms with Gasteiger partial charge >= 0.3 is 0 Å². The van der Waals surface area contributed by atoms with Gasteiger partial charge < -0.3 is 14.6 Å². The summed E-state index contributed by atoms with van der Waals surface area (Å²) in [6.45, 7) is 4.73. The Balaban J connectivity index is 1.45. The molecule has 12 heteroatoms. The van der Waals surface area contributed by atoms with Gasteiger partial charge in [-0.15, -0.1) is 0 Å². The van der Waals surface area contributed by atoms with Gasteiger partial charge in [0.1, 0.15) is 22.5 Å². The van der Waals surface area contributed by atoms with Gasteiger partial charge in [0.25, 0.3) is 6.43 Å². The third-order valence-corrected chi connectivity index (χ3v) is 7.52. The fourth-order valence-corrected chi connectivity index (χ4v) is 4.93. The maximum absolute atomic E-state index is 13.6. The molecule has 2 aromatic heterocycles. The molecule has 3 atom stereocenters. The molecule has 2 unspecified atom stereocenters. The molecule has 0 amide bonds. The Hall–Kier alpha value is -3.26. The number of alkyl halides is 2. The molecule has 5 rings (SSSR count). The highest BCUT2D eigenvalue weighted by atomic mass is 32.2. The summed E-state index contributed by atoms with van der Waals surface area (Å²) in [4.78, 5) is 14.8. The Morgan fingerprint density at radius 2 is 2.10 bits per heavy atom. The number of halogens is 2. The molecule has 0 aromatic carbocycles. The van der Waals surface area contributed by atoms with E-state index < -0.39 is 18.3 Å². The van der Waals surface area contributed by atoms with Crippen LogP contribution in [-0.4, -0.2) is 70.0 Å². The van der Waals surface area contributed by atoms with Gasteiger partial charge in [-0.2, -0.15) is 0 Å². The average Bonchev–Trinajstić information content (AvgIpc) is 3.69. The molecule has 40 heavy (non-hydrogen) atoms. The Morgan fingerprint density at radius 1 is 1.25 bits per heavy atom. The minimum absolute atomic E-state index is 0.190. The lowest BCUT2D eigenvalue weighted by atomic mass is 9.99. The summed E-state index contributed by atoms with van der Waals surface area (Å²) in [6, 6.07) is 3.16. The minimum Gasteiger partial charge on any atom is -0.494 e. The predicted octanol–water partition coefficient (Wildman–Crippen LogP) is 3.09. The van der Waals surface area contributed by atoms with Crippen molar-refractivity contribution in [3.05, 3.63) is 41.5 Å². The number of nitrogens with one attached hydrogen (secondary N) is 2. The Labute approximate surface area is 236 Å². The van der Waals surface area contributed by atoms with Gasteiger partial charge in [-0.25, -0.2) is 24.2 Å². The summed E-state index contributed by atoms with van der Waals surface area (Å²) >= 11 is 1.35. The number of aromatic nitrogens is 2. The van der Waals surface area contributed by atoms with E-state index in [9.17, 15) is 13.9 Å². The molecule has 210 valence electrons. The van der Waals surface area contributed by atoms with Gasteiger partial charge in [-0.05, 0) is 43.4 Å². The van der Waals surface area contributed by atoms with Gasteiger partial charge in [-0.3, -0.25) is 15.3 Å². The van der Waals surface area contributed by atoms with Crippen LogP contribution in [0.3, 0.4) is 0 Å². The van der Waals surface area contributed by atoms with Crippen molar-refractivity contribution in [3.8, 4) is 40.6 Å². The Morgan fingerprint density at radius 3 is 2.85 bits per heavy atom. The number of rotatable bonds is 6. The number of pyridine rings is 2. The van der Waals surface area contributed by atoms with Crippen LogP contribution in [-0.2, 0) is 4.74 Å². The van der Waals surface area contributed by atoms with E-state index >= 15 is 0 Å².